The summed E-state index contributed by atoms with van der Waals surface area (Å²) in [5.74, 6) is 0. The van der Waals surface area contributed by atoms with Crippen LogP contribution in [0.4, 0.5) is 5.69 Å². The lowest BCUT2D eigenvalue weighted by molar-refractivity contribution is 0.0698. The van der Waals surface area contributed by atoms with Crippen LogP contribution in [0.15, 0.2) is 24.4 Å². The molecule has 15 heavy (non-hydrogen) atoms. The van der Waals surface area contributed by atoms with E-state index in [1.807, 2.05) is 24.4 Å². The van der Waals surface area contributed by atoms with Crippen molar-refractivity contribution < 1.29 is 4.74 Å². The molecule has 0 saturated carbocycles. The molecule has 0 aliphatic heterocycles. The van der Waals surface area contributed by atoms with Gasteiger partial charge < -0.3 is 10.5 Å². The van der Waals surface area contributed by atoms with Crippen LogP contribution >= 0.6 is 0 Å². The molecule has 0 amide bonds. The summed E-state index contributed by atoms with van der Waals surface area (Å²) in [6, 6.07) is 5.71. The van der Waals surface area contributed by atoms with Crippen molar-refractivity contribution in [3.05, 3.63) is 24.4 Å². The fourth-order valence-electron chi connectivity index (χ4n) is 1.45. The molecule has 0 radical (unpaired) electrons. The van der Waals surface area contributed by atoms with Gasteiger partial charge in [0.15, 0.2) is 0 Å². The fraction of sp³-hybridized carbons (Fsp3) is 0.364. The minimum absolute atomic E-state index is 0.502. The van der Waals surface area contributed by atoms with Gasteiger partial charge >= 0.3 is 0 Å². The third-order valence-electron chi connectivity index (χ3n) is 2.15. The molecule has 0 unspecified atom stereocenters. The van der Waals surface area contributed by atoms with Gasteiger partial charge in [-0.25, -0.2) is 4.68 Å². The van der Waals surface area contributed by atoms with Gasteiger partial charge in [-0.2, -0.15) is 5.10 Å². The number of benzene rings is 1. The zero-order valence-corrected chi connectivity index (χ0v) is 8.81. The van der Waals surface area contributed by atoms with Crippen molar-refractivity contribution in [3.63, 3.8) is 0 Å². The van der Waals surface area contributed by atoms with Gasteiger partial charge in [0.05, 0.1) is 5.52 Å². The molecular formula is C11H15N3O. The number of nitrogen functional groups attached to an aromatic ring is 1. The van der Waals surface area contributed by atoms with Gasteiger partial charge in [-0.05, 0) is 24.6 Å². The Bertz CT molecular complexity index is 450. The highest BCUT2D eigenvalue weighted by molar-refractivity contribution is 5.81. The molecule has 0 aliphatic carbocycles. The van der Waals surface area contributed by atoms with Crippen LogP contribution in [0.25, 0.3) is 10.9 Å². The third kappa shape index (κ3) is 2.27. The molecule has 2 rings (SSSR count). The molecule has 1 aromatic heterocycles. The zero-order valence-electron chi connectivity index (χ0n) is 8.81. The fourth-order valence-corrected chi connectivity index (χ4v) is 1.45. The minimum Gasteiger partial charge on any atom is -0.399 e. The number of nitrogens with zero attached hydrogens (tertiary/aromatic N) is 2. The number of fused-ring (bicyclic) bond motifs is 1. The second kappa shape index (κ2) is 4.31. The molecular weight excluding hydrogens is 190 g/mol. The Morgan fingerprint density at radius 1 is 1.47 bits per heavy atom. The smallest absolute Gasteiger partial charge is 0.139 e. The first-order valence-corrected chi connectivity index (χ1v) is 5.10. The average molecular weight is 205 g/mol. The van der Waals surface area contributed by atoms with Crippen molar-refractivity contribution in [2.45, 2.75) is 20.1 Å². The maximum Gasteiger partial charge on any atom is 0.139 e. The van der Waals surface area contributed by atoms with E-state index in [0.29, 0.717) is 6.73 Å². The number of anilines is 1. The van der Waals surface area contributed by atoms with E-state index in [4.69, 9.17) is 10.5 Å². The van der Waals surface area contributed by atoms with Crippen molar-refractivity contribution in [2.75, 3.05) is 12.3 Å². The van der Waals surface area contributed by atoms with E-state index >= 15 is 0 Å². The summed E-state index contributed by atoms with van der Waals surface area (Å²) in [6.07, 6.45) is 2.98. The zero-order chi connectivity index (χ0) is 10.7. The summed E-state index contributed by atoms with van der Waals surface area (Å²) < 4.78 is 7.19. The van der Waals surface area contributed by atoms with Crippen LogP contribution in [0.1, 0.15) is 13.3 Å². The largest absolute Gasteiger partial charge is 0.399 e. The Balaban J connectivity index is 2.16. The number of nitrogens with two attached hydrogens (primary N) is 1. The molecule has 0 fully saturated rings. The molecule has 0 bridgehead atoms. The Labute approximate surface area is 88.6 Å². The van der Waals surface area contributed by atoms with Crippen LogP contribution in [-0.4, -0.2) is 16.4 Å². The summed E-state index contributed by atoms with van der Waals surface area (Å²) >= 11 is 0. The lowest BCUT2D eigenvalue weighted by atomic mass is 10.2. The van der Waals surface area contributed by atoms with Crippen molar-refractivity contribution in [1.29, 1.82) is 0 Å². The SMILES string of the molecule is CCCOCn1cc2ccc(N)cc2n1. The van der Waals surface area contributed by atoms with Crippen molar-refractivity contribution in [1.82, 2.24) is 9.78 Å². The molecule has 0 spiro atoms. The number of aromatic nitrogens is 2. The van der Waals surface area contributed by atoms with E-state index in [0.717, 1.165) is 29.6 Å². The highest BCUT2D eigenvalue weighted by Gasteiger charge is 2.00. The first-order valence-electron chi connectivity index (χ1n) is 5.10. The maximum absolute atomic E-state index is 5.67. The second-order valence-corrected chi connectivity index (χ2v) is 3.52. The minimum atomic E-state index is 0.502. The van der Waals surface area contributed by atoms with Crippen LogP contribution in [0.3, 0.4) is 0 Å². The van der Waals surface area contributed by atoms with Crippen LogP contribution in [0.2, 0.25) is 0 Å². The van der Waals surface area contributed by atoms with Crippen LogP contribution in [-0.2, 0) is 11.5 Å². The highest BCUT2D eigenvalue weighted by Crippen LogP contribution is 2.15. The average Bonchev–Trinajstić information content (AvgIpc) is 2.60. The van der Waals surface area contributed by atoms with Crippen LogP contribution < -0.4 is 5.73 Å². The van der Waals surface area contributed by atoms with Gasteiger partial charge in [0, 0.05) is 23.9 Å². The molecule has 2 N–H and O–H groups in total. The lowest BCUT2D eigenvalue weighted by Gasteiger charge is -2.00. The quantitative estimate of drug-likeness (QED) is 0.613. The van der Waals surface area contributed by atoms with E-state index in [9.17, 15) is 0 Å². The van der Waals surface area contributed by atoms with Gasteiger partial charge in [-0.3, -0.25) is 0 Å². The predicted octanol–water partition coefficient (Wildman–Crippen LogP) is 2.00. The summed E-state index contributed by atoms with van der Waals surface area (Å²) in [7, 11) is 0. The van der Waals surface area contributed by atoms with E-state index in [1.165, 1.54) is 0 Å². The Kier molecular flexibility index (Phi) is 2.87. The monoisotopic (exact) mass is 205 g/mol. The summed E-state index contributed by atoms with van der Waals surface area (Å²) in [5.41, 5.74) is 7.32. The normalized spacial score (nSPS) is 11.0. The molecule has 4 heteroatoms. The Hall–Kier alpha value is -1.55. The molecule has 0 aliphatic rings. The molecule has 0 saturated heterocycles. The van der Waals surface area contributed by atoms with Crippen molar-refractivity contribution in [2.24, 2.45) is 0 Å². The highest BCUT2D eigenvalue weighted by atomic mass is 16.5. The first kappa shape index (κ1) is 9.98. The van der Waals surface area contributed by atoms with E-state index in [1.54, 1.807) is 4.68 Å². The van der Waals surface area contributed by atoms with Crippen LogP contribution in [0, 0.1) is 0 Å². The van der Waals surface area contributed by atoms with Crippen LogP contribution in [0.5, 0.6) is 0 Å². The third-order valence-corrected chi connectivity index (χ3v) is 2.15. The van der Waals surface area contributed by atoms with Crippen molar-refractivity contribution in [3.8, 4) is 0 Å². The van der Waals surface area contributed by atoms with E-state index in [-0.39, 0.29) is 0 Å². The Morgan fingerprint density at radius 3 is 3.13 bits per heavy atom. The summed E-state index contributed by atoms with van der Waals surface area (Å²) in [5, 5.41) is 5.44. The van der Waals surface area contributed by atoms with Gasteiger partial charge in [0.1, 0.15) is 6.73 Å². The standard InChI is InChI=1S/C11H15N3O/c1-2-5-15-8-14-7-9-3-4-10(12)6-11(9)13-14/h3-4,6-7H,2,5,8,12H2,1H3. The van der Waals surface area contributed by atoms with Gasteiger partial charge in [0.2, 0.25) is 0 Å². The molecule has 1 aromatic carbocycles. The lowest BCUT2D eigenvalue weighted by Crippen LogP contribution is -2.03. The molecule has 1 heterocycles. The predicted molar refractivity (Wildman–Crippen MR) is 60.4 cm³/mol. The number of ether oxygens (including phenoxy) is 1. The van der Waals surface area contributed by atoms with Crippen molar-refractivity contribution >= 4 is 16.6 Å². The summed E-state index contributed by atoms with van der Waals surface area (Å²) in [4.78, 5) is 0. The second-order valence-electron chi connectivity index (χ2n) is 3.52. The number of hydrogen-bond donors (Lipinski definition) is 1. The number of hydrogen-bond acceptors (Lipinski definition) is 3. The maximum atomic E-state index is 5.67. The van der Waals surface area contributed by atoms with E-state index < -0.39 is 0 Å². The molecule has 80 valence electrons. The number of rotatable bonds is 4. The van der Waals surface area contributed by atoms with Gasteiger partial charge in [0.25, 0.3) is 0 Å². The first-order chi connectivity index (χ1) is 7.29. The Morgan fingerprint density at radius 2 is 2.33 bits per heavy atom. The molecule has 0 atom stereocenters. The molecule has 4 nitrogen and oxygen atoms in total. The summed E-state index contributed by atoms with van der Waals surface area (Å²) in [6.45, 7) is 3.35. The van der Waals surface area contributed by atoms with E-state index in [2.05, 4.69) is 12.0 Å². The van der Waals surface area contributed by atoms with Gasteiger partial charge in [-0.1, -0.05) is 6.92 Å². The topological polar surface area (TPSA) is 53.1 Å². The molecule has 2 aromatic rings. The van der Waals surface area contributed by atoms with Gasteiger partial charge in [-0.15, -0.1) is 0 Å².